The van der Waals surface area contributed by atoms with Crippen molar-refractivity contribution in [2.24, 2.45) is 0 Å². The minimum atomic E-state index is -1.16. The van der Waals surface area contributed by atoms with Gasteiger partial charge in [-0.3, -0.25) is 24.1 Å². The molecule has 2 N–H and O–H groups in total. The van der Waals surface area contributed by atoms with E-state index in [0.29, 0.717) is 24.8 Å². The van der Waals surface area contributed by atoms with Gasteiger partial charge in [-0.25, -0.2) is 4.79 Å². The molecule has 0 bridgehead atoms. The number of benzene rings is 1. The van der Waals surface area contributed by atoms with Crippen LogP contribution in [0, 0.1) is 0 Å². The molecule has 1 aromatic carbocycles. The summed E-state index contributed by atoms with van der Waals surface area (Å²) in [5.41, 5.74) is 0.754. The quantitative estimate of drug-likeness (QED) is 0.352. The summed E-state index contributed by atoms with van der Waals surface area (Å²) in [6.07, 6.45) is 3.19. The van der Waals surface area contributed by atoms with E-state index in [9.17, 15) is 24.0 Å². The molecular formula is C26H35N3O7. The molecule has 0 saturated heterocycles. The first-order valence-corrected chi connectivity index (χ1v) is 11.9. The van der Waals surface area contributed by atoms with Crippen LogP contribution < -0.4 is 5.32 Å². The van der Waals surface area contributed by atoms with Gasteiger partial charge in [0.2, 0.25) is 5.91 Å². The van der Waals surface area contributed by atoms with Crippen LogP contribution in [0.4, 0.5) is 4.79 Å². The number of carbonyl (C=O) groups is 5. The molecule has 0 spiro atoms. The van der Waals surface area contributed by atoms with Crippen LogP contribution in [0.15, 0.2) is 36.4 Å². The number of hydrogen-bond acceptors (Lipinski definition) is 6. The van der Waals surface area contributed by atoms with E-state index in [0.717, 1.165) is 22.6 Å². The number of nitrogens with zero attached hydrogens (tertiary/aromatic N) is 2. The average Bonchev–Trinajstić information content (AvgIpc) is 3.11. The number of ether oxygens (including phenoxy) is 1. The van der Waals surface area contributed by atoms with E-state index in [-0.39, 0.29) is 19.0 Å². The molecule has 0 saturated carbocycles. The molecule has 1 aromatic rings. The van der Waals surface area contributed by atoms with Crippen molar-refractivity contribution in [3.05, 3.63) is 47.5 Å². The van der Waals surface area contributed by atoms with Crippen molar-refractivity contribution in [1.29, 1.82) is 0 Å². The second-order valence-electron chi connectivity index (χ2n) is 9.81. The summed E-state index contributed by atoms with van der Waals surface area (Å²) < 4.78 is 5.41. The summed E-state index contributed by atoms with van der Waals surface area (Å²) in [5.74, 6) is -2.60. The SMILES string of the molecule is CC(Cc1ccc(C(C(=O)NCCCCC(=O)O)N2C(=O)C=CC2=O)cc1)N(C)C(=O)OC(C)(C)C. The molecule has 0 aliphatic carbocycles. The minimum Gasteiger partial charge on any atom is -0.481 e. The number of rotatable bonds is 11. The molecule has 4 amide bonds. The molecule has 0 radical (unpaired) electrons. The molecule has 1 heterocycles. The van der Waals surface area contributed by atoms with Gasteiger partial charge in [-0.1, -0.05) is 24.3 Å². The molecule has 0 fully saturated rings. The zero-order valence-electron chi connectivity index (χ0n) is 21.4. The molecule has 2 atom stereocenters. The summed E-state index contributed by atoms with van der Waals surface area (Å²) in [7, 11) is 1.67. The number of carboxylic acids is 1. The van der Waals surface area contributed by atoms with Gasteiger partial charge >= 0.3 is 12.1 Å². The predicted molar refractivity (Wildman–Crippen MR) is 132 cm³/mol. The largest absolute Gasteiger partial charge is 0.481 e. The van der Waals surface area contributed by atoms with Crippen LogP contribution >= 0.6 is 0 Å². The van der Waals surface area contributed by atoms with Gasteiger partial charge in [0, 0.05) is 38.2 Å². The van der Waals surface area contributed by atoms with Crippen LogP contribution in [-0.4, -0.2) is 69.9 Å². The fraction of sp³-hybridized carbons (Fsp3) is 0.500. The van der Waals surface area contributed by atoms with Crippen molar-refractivity contribution >= 4 is 29.8 Å². The van der Waals surface area contributed by atoms with Crippen LogP contribution in [0.3, 0.4) is 0 Å². The third-order valence-electron chi connectivity index (χ3n) is 5.64. The summed E-state index contributed by atoms with van der Waals surface area (Å²) in [4.78, 5) is 63.1. The molecule has 2 rings (SSSR count). The highest BCUT2D eigenvalue weighted by Crippen LogP contribution is 2.26. The van der Waals surface area contributed by atoms with Crippen molar-refractivity contribution < 1.29 is 33.8 Å². The van der Waals surface area contributed by atoms with Gasteiger partial charge in [-0.2, -0.15) is 0 Å². The molecule has 1 aliphatic rings. The number of nitrogens with one attached hydrogen (secondary N) is 1. The fourth-order valence-corrected chi connectivity index (χ4v) is 3.62. The van der Waals surface area contributed by atoms with Crippen LogP contribution in [0.5, 0.6) is 0 Å². The monoisotopic (exact) mass is 501 g/mol. The Labute approximate surface area is 211 Å². The number of hydrogen-bond donors (Lipinski definition) is 2. The molecule has 36 heavy (non-hydrogen) atoms. The second-order valence-corrected chi connectivity index (χ2v) is 9.81. The van der Waals surface area contributed by atoms with E-state index in [1.807, 2.05) is 6.92 Å². The number of amides is 4. The van der Waals surface area contributed by atoms with Crippen LogP contribution in [-0.2, 0) is 30.3 Å². The minimum absolute atomic E-state index is 0.00465. The topological polar surface area (TPSA) is 133 Å². The van der Waals surface area contributed by atoms with Gasteiger partial charge in [0.15, 0.2) is 0 Å². The lowest BCUT2D eigenvalue weighted by Gasteiger charge is -2.29. The van der Waals surface area contributed by atoms with Crippen molar-refractivity contribution in [2.45, 2.75) is 71.1 Å². The number of aliphatic carboxylic acids is 1. The van der Waals surface area contributed by atoms with Crippen LogP contribution in [0.25, 0.3) is 0 Å². The molecule has 10 heteroatoms. The lowest BCUT2D eigenvalue weighted by atomic mass is 9.99. The fourth-order valence-electron chi connectivity index (χ4n) is 3.62. The number of carboxylic acid groups (broad SMARTS) is 1. The summed E-state index contributed by atoms with van der Waals surface area (Å²) in [6.45, 7) is 7.52. The highest BCUT2D eigenvalue weighted by atomic mass is 16.6. The van der Waals surface area contributed by atoms with E-state index >= 15 is 0 Å². The first-order chi connectivity index (χ1) is 16.8. The van der Waals surface area contributed by atoms with Gasteiger partial charge in [-0.15, -0.1) is 0 Å². The first kappa shape index (κ1) is 28.5. The number of likely N-dealkylation sites (N-methyl/N-ethyl adjacent to an activating group) is 1. The normalized spacial score (nSPS) is 15.0. The van der Waals surface area contributed by atoms with Crippen LogP contribution in [0.1, 0.15) is 64.1 Å². The van der Waals surface area contributed by atoms with Crippen LogP contribution in [0.2, 0.25) is 0 Å². The van der Waals surface area contributed by atoms with Gasteiger partial charge in [-0.05, 0) is 58.1 Å². The number of imide groups is 1. The molecule has 10 nitrogen and oxygen atoms in total. The Morgan fingerprint density at radius 3 is 2.17 bits per heavy atom. The smallest absolute Gasteiger partial charge is 0.410 e. The third kappa shape index (κ3) is 8.21. The Hall–Kier alpha value is -3.69. The Kier molecular flexibility index (Phi) is 9.77. The van der Waals surface area contributed by atoms with Gasteiger partial charge in [0.25, 0.3) is 11.8 Å². The van der Waals surface area contributed by atoms with Crippen molar-refractivity contribution in [1.82, 2.24) is 15.1 Å². The Morgan fingerprint density at radius 1 is 1.06 bits per heavy atom. The van der Waals surface area contributed by atoms with Gasteiger partial charge < -0.3 is 20.1 Å². The summed E-state index contributed by atoms with van der Waals surface area (Å²) in [5, 5.41) is 11.4. The van der Waals surface area contributed by atoms with Gasteiger partial charge in [0.1, 0.15) is 11.6 Å². The lowest BCUT2D eigenvalue weighted by molar-refractivity contribution is -0.145. The molecule has 196 valence electrons. The standard InChI is InChI=1S/C26H35N3O7/c1-17(28(5)25(35)36-26(2,3)4)16-18-9-11-19(12-10-18)23(29-20(30)13-14-21(29)31)24(34)27-15-7-6-8-22(32)33/h9-14,17,23H,6-8,15-16H2,1-5H3,(H,27,34)(H,32,33). The lowest BCUT2D eigenvalue weighted by Crippen LogP contribution is -2.43. The van der Waals surface area contributed by atoms with E-state index in [2.05, 4.69) is 5.32 Å². The maximum absolute atomic E-state index is 13.0. The molecule has 2 unspecified atom stereocenters. The number of unbranched alkanes of at least 4 members (excludes halogenated alkanes) is 1. The summed E-state index contributed by atoms with van der Waals surface area (Å²) >= 11 is 0. The molecular weight excluding hydrogens is 466 g/mol. The van der Waals surface area contributed by atoms with Crippen molar-refractivity contribution in [3.63, 3.8) is 0 Å². The highest BCUT2D eigenvalue weighted by Gasteiger charge is 2.37. The molecule has 1 aliphatic heterocycles. The Bertz CT molecular complexity index is 993. The molecule has 0 aromatic heterocycles. The van der Waals surface area contributed by atoms with E-state index in [1.54, 1.807) is 52.1 Å². The maximum Gasteiger partial charge on any atom is 0.410 e. The second kappa shape index (κ2) is 12.3. The average molecular weight is 502 g/mol. The third-order valence-corrected chi connectivity index (χ3v) is 5.64. The van der Waals surface area contributed by atoms with E-state index in [1.165, 1.54) is 4.90 Å². The van der Waals surface area contributed by atoms with Crippen molar-refractivity contribution in [3.8, 4) is 0 Å². The van der Waals surface area contributed by atoms with E-state index < -0.39 is 41.4 Å². The predicted octanol–water partition coefficient (Wildman–Crippen LogP) is 2.82. The van der Waals surface area contributed by atoms with Crippen molar-refractivity contribution in [2.75, 3.05) is 13.6 Å². The zero-order chi connectivity index (χ0) is 27.0. The zero-order valence-corrected chi connectivity index (χ0v) is 21.4. The highest BCUT2D eigenvalue weighted by molar-refractivity contribution is 6.15. The maximum atomic E-state index is 13.0. The first-order valence-electron chi connectivity index (χ1n) is 11.9. The Balaban J connectivity index is 2.12. The van der Waals surface area contributed by atoms with E-state index in [4.69, 9.17) is 9.84 Å². The summed E-state index contributed by atoms with van der Waals surface area (Å²) in [6, 6.07) is 5.63. The Morgan fingerprint density at radius 2 is 1.64 bits per heavy atom. The van der Waals surface area contributed by atoms with Gasteiger partial charge in [0.05, 0.1) is 0 Å². The number of carbonyl (C=O) groups excluding carboxylic acids is 4.